The molecule has 1 aromatic heterocycles. The number of nitro groups is 1. The highest BCUT2D eigenvalue weighted by Crippen LogP contribution is 2.27. The summed E-state index contributed by atoms with van der Waals surface area (Å²) in [5, 5.41) is 19.3. The summed E-state index contributed by atoms with van der Waals surface area (Å²) >= 11 is 0. The lowest BCUT2D eigenvalue weighted by atomic mass is 10.1. The van der Waals surface area contributed by atoms with Gasteiger partial charge in [0, 0.05) is 6.07 Å². The van der Waals surface area contributed by atoms with Crippen molar-refractivity contribution in [3.63, 3.8) is 0 Å². The maximum atomic E-state index is 11.0. The molecule has 21 heavy (non-hydrogen) atoms. The van der Waals surface area contributed by atoms with Crippen LogP contribution in [0, 0.1) is 24.0 Å². The molecular formula is C14H19N5O2. The molecule has 2 aromatic rings. The van der Waals surface area contributed by atoms with Gasteiger partial charge in [0.05, 0.1) is 28.1 Å². The van der Waals surface area contributed by atoms with Gasteiger partial charge in [-0.3, -0.25) is 10.1 Å². The lowest BCUT2D eigenvalue weighted by molar-refractivity contribution is -0.385. The van der Waals surface area contributed by atoms with E-state index in [0.717, 1.165) is 36.2 Å². The van der Waals surface area contributed by atoms with Crippen molar-refractivity contribution >= 4 is 5.69 Å². The quantitative estimate of drug-likeness (QED) is 0.498. The lowest BCUT2D eigenvalue weighted by Crippen LogP contribution is -2.04. The van der Waals surface area contributed by atoms with Gasteiger partial charge in [-0.05, 0) is 45.2 Å². The van der Waals surface area contributed by atoms with Gasteiger partial charge in [0.15, 0.2) is 0 Å². The molecule has 2 rings (SSSR count). The largest absolute Gasteiger partial charge is 0.330 e. The van der Waals surface area contributed by atoms with E-state index in [1.807, 2.05) is 13.1 Å². The molecule has 1 aromatic carbocycles. The summed E-state index contributed by atoms with van der Waals surface area (Å²) in [6.07, 6.45) is 4.55. The monoisotopic (exact) mass is 289 g/mol. The van der Waals surface area contributed by atoms with Gasteiger partial charge >= 0.3 is 0 Å². The van der Waals surface area contributed by atoms with Crippen molar-refractivity contribution in [1.82, 2.24) is 15.0 Å². The number of aromatic nitrogens is 3. The van der Waals surface area contributed by atoms with Crippen molar-refractivity contribution in [2.24, 2.45) is 5.73 Å². The highest BCUT2D eigenvalue weighted by Gasteiger charge is 2.18. The summed E-state index contributed by atoms with van der Waals surface area (Å²) in [7, 11) is 0. The first-order chi connectivity index (χ1) is 10.0. The molecule has 7 nitrogen and oxygen atoms in total. The third-order valence-corrected chi connectivity index (χ3v) is 3.46. The zero-order valence-corrected chi connectivity index (χ0v) is 12.2. The predicted molar refractivity (Wildman–Crippen MR) is 79.5 cm³/mol. The fraction of sp³-hybridized carbons (Fsp3) is 0.429. The molecule has 0 radical (unpaired) electrons. The Morgan fingerprint density at radius 2 is 2.10 bits per heavy atom. The number of benzene rings is 1. The van der Waals surface area contributed by atoms with Crippen molar-refractivity contribution in [2.75, 3.05) is 6.54 Å². The Morgan fingerprint density at radius 1 is 1.33 bits per heavy atom. The van der Waals surface area contributed by atoms with Crippen LogP contribution in [0.1, 0.15) is 29.7 Å². The minimum absolute atomic E-state index is 0.0933. The minimum Gasteiger partial charge on any atom is -0.330 e. The van der Waals surface area contributed by atoms with Gasteiger partial charge < -0.3 is 5.73 Å². The first-order valence-corrected chi connectivity index (χ1v) is 6.91. The molecule has 0 aliphatic carbocycles. The zero-order valence-electron chi connectivity index (χ0n) is 12.2. The van der Waals surface area contributed by atoms with Gasteiger partial charge in [0.2, 0.25) is 0 Å². The fourth-order valence-corrected chi connectivity index (χ4v) is 2.35. The molecule has 112 valence electrons. The smallest absolute Gasteiger partial charge is 0.274 e. The summed E-state index contributed by atoms with van der Waals surface area (Å²) in [4.78, 5) is 10.7. The van der Waals surface area contributed by atoms with E-state index in [1.54, 1.807) is 17.7 Å². The molecular weight excluding hydrogens is 270 g/mol. The van der Waals surface area contributed by atoms with Gasteiger partial charge in [-0.2, -0.15) is 0 Å². The van der Waals surface area contributed by atoms with Crippen molar-refractivity contribution in [2.45, 2.75) is 33.1 Å². The molecule has 2 N–H and O–H groups in total. The minimum atomic E-state index is -0.378. The number of hydrogen-bond acceptors (Lipinski definition) is 5. The van der Waals surface area contributed by atoms with Crippen LogP contribution in [0.2, 0.25) is 0 Å². The van der Waals surface area contributed by atoms with Gasteiger partial charge in [0.25, 0.3) is 5.69 Å². The molecule has 0 unspecified atom stereocenters. The summed E-state index contributed by atoms with van der Waals surface area (Å²) < 4.78 is 1.62. The number of rotatable bonds is 6. The van der Waals surface area contributed by atoms with Crippen LogP contribution in [-0.4, -0.2) is 26.5 Å². The van der Waals surface area contributed by atoms with E-state index in [9.17, 15) is 10.1 Å². The molecule has 0 spiro atoms. The van der Waals surface area contributed by atoms with Crippen LogP contribution < -0.4 is 5.73 Å². The van der Waals surface area contributed by atoms with Crippen LogP contribution in [0.4, 0.5) is 5.69 Å². The Bertz CT molecular complexity index is 651. The number of nitro benzene ring substituents is 1. The van der Waals surface area contributed by atoms with E-state index >= 15 is 0 Å². The molecule has 0 aliphatic heterocycles. The molecule has 7 heteroatoms. The van der Waals surface area contributed by atoms with Gasteiger partial charge in [-0.15, -0.1) is 5.10 Å². The zero-order chi connectivity index (χ0) is 15.4. The van der Waals surface area contributed by atoms with E-state index in [2.05, 4.69) is 10.3 Å². The Labute approximate surface area is 122 Å². The second-order valence-corrected chi connectivity index (χ2v) is 5.03. The number of aryl methyl sites for hydroxylation is 2. The highest BCUT2D eigenvalue weighted by atomic mass is 16.6. The van der Waals surface area contributed by atoms with Crippen LogP contribution in [0.3, 0.4) is 0 Å². The summed E-state index contributed by atoms with van der Waals surface area (Å²) in [5.74, 6) is 0. The molecule has 0 fully saturated rings. The van der Waals surface area contributed by atoms with E-state index in [1.165, 1.54) is 6.07 Å². The molecule has 0 bridgehead atoms. The second-order valence-electron chi connectivity index (χ2n) is 5.03. The van der Waals surface area contributed by atoms with Crippen LogP contribution in [0.15, 0.2) is 18.3 Å². The molecule has 1 heterocycles. The maximum absolute atomic E-state index is 11.0. The Balaban J connectivity index is 2.33. The Hall–Kier alpha value is -2.28. The Morgan fingerprint density at radius 3 is 2.76 bits per heavy atom. The van der Waals surface area contributed by atoms with Gasteiger partial charge in [-0.25, -0.2) is 4.68 Å². The number of hydrogen-bond donors (Lipinski definition) is 1. The average Bonchev–Trinajstić information content (AvgIpc) is 2.87. The number of nitrogens with two attached hydrogens (primary N) is 1. The van der Waals surface area contributed by atoms with Gasteiger partial charge in [0.1, 0.15) is 0 Å². The molecule has 0 aliphatic rings. The standard InChI is InChI=1S/C14H19N5O2/c1-10-6-7-13(19(20)21)11(2)14(10)18-9-12(16-17-18)5-3-4-8-15/h6-7,9H,3-5,8,15H2,1-2H3. The van der Waals surface area contributed by atoms with Crippen molar-refractivity contribution in [1.29, 1.82) is 0 Å². The second kappa shape index (κ2) is 6.45. The molecule has 0 saturated carbocycles. The average molecular weight is 289 g/mol. The third kappa shape index (κ3) is 3.25. The van der Waals surface area contributed by atoms with Crippen molar-refractivity contribution in [3.8, 4) is 5.69 Å². The van der Waals surface area contributed by atoms with Crippen LogP contribution in [-0.2, 0) is 6.42 Å². The summed E-state index contributed by atoms with van der Waals surface area (Å²) in [5.41, 5.74) is 8.68. The van der Waals surface area contributed by atoms with Crippen molar-refractivity contribution in [3.05, 3.63) is 45.3 Å². The molecule has 0 saturated heterocycles. The number of nitrogens with zero attached hydrogens (tertiary/aromatic N) is 4. The summed E-state index contributed by atoms with van der Waals surface area (Å²) in [6, 6.07) is 3.25. The fourth-order valence-electron chi connectivity index (χ4n) is 2.35. The topological polar surface area (TPSA) is 99.9 Å². The first kappa shape index (κ1) is 15.1. The Kier molecular flexibility index (Phi) is 4.64. The third-order valence-electron chi connectivity index (χ3n) is 3.46. The van der Waals surface area contributed by atoms with E-state index in [0.29, 0.717) is 12.1 Å². The molecule has 0 atom stereocenters. The van der Waals surface area contributed by atoms with E-state index in [4.69, 9.17) is 5.73 Å². The van der Waals surface area contributed by atoms with Crippen LogP contribution >= 0.6 is 0 Å². The summed E-state index contributed by atoms with van der Waals surface area (Å²) in [6.45, 7) is 4.30. The van der Waals surface area contributed by atoms with E-state index < -0.39 is 0 Å². The molecule has 0 amide bonds. The number of unbranched alkanes of at least 4 members (excludes halogenated alkanes) is 1. The van der Waals surface area contributed by atoms with Gasteiger partial charge in [-0.1, -0.05) is 11.3 Å². The van der Waals surface area contributed by atoms with Crippen molar-refractivity contribution < 1.29 is 4.92 Å². The predicted octanol–water partition coefficient (Wildman–Crippen LogP) is 2.07. The van der Waals surface area contributed by atoms with E-state index in [-0.39, 0.29) is 10.6 Å². The van der Waals surface area contributed by atoms with Crippen LogP contribution in [0.5, 0.6) is 0 Å². The first-order valence-electron chi connectivity index (χ1n) is 6.91. The normalized spacial score (nSPS) is 10.8. The SMILES string of the molecule is Cc1ccc([N+](=O)[O-])c(C)c1-n1cc(CCCCN)nn1. The lowest BCUT2D eigenvalue weighted by Gasteiger charge is -2.09. The maximum Gasteiger partial charge on any atom is 0.274 e. The van der Waals surface area contributed by atoms with Crippen LogP contribution in [0.25, 0.3) is 5.69 Å². The highest BCUT2D eigenvalue weighted by molar-refractivity contribution is 5.56.